The second-order valence-electron chi connectivity index (χ2n) is 5.97. The number of amides is 1. The second-order valence-corrected chi connectivity index (χ2v) is 5.97. The van der Waals surface area contributed by atoms with Crippen LogP contribution in [0.2, 0.25) is 0 Å². The number of halogens is 3. The largest absolute Gasteiger partial charge is 0.339 e. The Hall–Kier alpha value is -0.590. The molecule has 5 nitrogen and oxygen atoms in total. The molecule has 138 valence electrons. The van der Waals surface area contributed by atoms with Crippen molar-refractivity contribution in [2.24, 2.45) is 0 Å². The number of nitrogens with one attached hydrogen (secondary N) is 1. The quantitative estimate of drug-likeness (QED) is 0.850. The van der Waals surface area contributed by atoms with Crippen molar-refractivity contribution in [1.29, 1.82) is 0 Å². The number of hydrogen-bond acceptors (Lipinski definition) is 4. The maximum absolute atomic E-state index is 12.4. The molecule has 0 aliphatic carbocycles. The first-order chi connectivity index (χ1) is 10.3. The van der Waals surface area contributed by atoms with E-state index < -0.39 is 0 Å². The first-order valence-electron chi connectivity index (χ1n) is 7.92. The molecule has 2 unspecified atom stereocenters. The third-order valence-electron chi connectivity index (χ3n) is 4.70. The molecule has 0 radical (unpaired) electrons. The van der Waals surface area contributed by atoms with Gasteiger partial charge in [-0.05, 0) is 37.9 Å². The molecular weight excluding hydrogens is 371 g/mol. The molecule has 3 rings (SSSR count). The zero-order chi connectivity index (χ0) is 14.7. The van der Waals surface area contributed by atoms with Gasteiger partial charge >= 0.3 is 0 Å². The Balaban J connectivity index is 0.00000176. The van der Waals surface area contributed by atoms with Crippen LogP contribution in [0.15, 0.2) is 24.5 Å². The standard InChI is InChI=1S/C16H24N4O.3ClH/c1-13(14-4-2-6-17-12-14)19-8-10-20(11-9-19)16(21)15-5-3-7-18-15;;;/h2,4,6,12-13,15,18H,3,5,7-11H2,1H3;3*1H. The molecule has 0 spiro atoms. The number of carbonyl (C=O) groups is 1. The number of pyridine rings is 1. The molecule has 0 aromatic carbocycles. The van der Waals surface area contributed by atoms with Crippen LogP contribution in [0.5, 0.6) is 0 Å². The monoisotopic (exact) mass is 396 g/mol. The van der Waals surface area contributed by atoms with Gasteiger partial charge in [-0.3, -0.25) is 14.7 Å². The maximum atomic E-state index is 12.4. The molecule has 2 aliphatic heterocycles. The summed E-state index contributed by atoms with van der Waals surface area (Å²) in [6.45, 7) is 6.74. The molecule has 24 heavy (non-hydrogen) atoms. The third-order valence-corrected chi connectivity index (χ3v) is 4.70. The Morgan fingerprint density at radius 3 is 2.50 bits per heavy atom. The summed E-state index contributed by atoms with van der Waals surface area (Å²) in [6, 6.07) is 4.53. The van der Waals surface area contributed by atoms with E-state index in [1.165, 1.54) is 5.56 Å². The van der Waals surface area contributed by atoms with E-state index in [0.717, 1.165) is 45.6 Å². The van der Waals surface area contributed by atoms with Crippen LogP contribution in [0.3, 0.4) is 0 Å². The molecule has 1 aromatic rings. The lowest BCUT2D eigenvalue weighted by atomic mass is 10.1. The minimum Gasteiger partial charge on any atom is -0.339 e. The van der Waals surface area contributed by atoms with Crippen molar-refractivity contribution in [2.45, 2.75) is 31.8 Å². The van der Waals surface area contributed by atoms with Gasteiger partial charge in [-0.25, -0.2) is 0 Å². The summed E-state index contributed by atoms with van der Waals surface area (Å²) < 4.78 is 0. The Bertz CT molecular complexity index is 477. The molecule has 2 saturated heterocycles. The Morgan fingerprint density at radius 1 is 1.25 bits per heavy atom. The minimum absolute atomic E-state index is 0. The molecule has 0 bridgehead atoms. The highest BCUT2D eigenvalue weighted by Gasteiger charge is 2.30. The minimum atomic E-state index is 0. The SMILES string of the molecule is CC(c1cccnc1)N1CCN(C(=O)C2CCCN2)CC1.Cl.Cl.Cl. The topological polar surface area (TPSA) is 48.5 Å². The van der Waals surface area contributed by atoms with E-state index in [0.29, 0.717) is 11.9 Å². The molecule has 1 N–H and O–H groups in total. The van der Waals surface area contributed by atoms with E-state index >= 15 is 0 Å². The molecule has 2 atom stereocenters. The summed E-state index contributed by atoms with van der Waals surface area (Å²) in [7, 11) is 0. The highest BCUT2D eigenvalue weighted by atomic mass is 35.5. The van der Waals surface area contributed by atoms with Crippen LogP contribution in [-0.2, 0) is 4.79 Å². The summed E-state index contributed by atoms with van der Waals surface area (Å²) >= 11 is 0. The van der Waals surface area contributed by atoms with Gasteiger partial charge in [0.1, 0.15) is 0 Å². The molecule has 1 amide bonds. The third kappa shape index (κ3) is 5.46. The van der Waals surface area contributed by atoms with E-state index in [1.807, 2.05) is 17.2 Å². The van der Waals surface area contributed by atoms with Crippen LogP contribution in [0, 0.1) is 0 Å². The molecular formula is C16H27Cl3N4O. The Morgan fingerprint density at radius 2 is 1.96 bits per heavy atom. The van der Waals surface area contributed by atoms with Gasteiger partial charge in [-0.2, -0.15) is 0 Å². The summed E-state index contributed by atoms with van der Waals surface area (Å²) in [5, 5.41) is 3.30. The normalized spacial score (nSPS) is 21.9. The van der Waals surface area contributed by atoms with Gasteiger partial charge in [0.15, 0.2) is 0 Å². The smallest absolute Gasteiger partial charge is 0.239 e. The van der Waals surface area contributed by atoms with E-state index in [2.05, 4.69) is 28.2 Å². The van der Waals surface area contributed by atoms with Crippen molar-refractivity contribution >= 4 is 43.1 Å². The summed E-state index contributed by atoms with van der Waals surface area (Å²) in [5.41, 5.74) is 1.25. The highest BCUT2D eigenvalue weighted by Crippen LogP contribution is 2.21. The average molecular weight is 398 g/mol. The van der Waals surface area contributed by atoms with Gasteiger partial charge < -0.3 is 10.2 Å². The van der Waals surface area contributed by atoms with Crippen molar-refractivity contribution in [3.63, 3.8) is 0 Å². The molecule has 2 fully saturated rings. The van der Waals surface area contributed by atoms with E-state index in [4.69, 9.17) is 0 Å². The molecule has 8 heteroatoms. The van der Waals surface area contributed by atoms with Crippen LogP contribution < -0.4 is 5.32 Å². The fourth-order valence-electron chi connectivity index (χ4n) is 3.28. The van der Waals surface area contributed by atoms with Gasteiger partial charge in [-0.15, -0.1) is 37.2 Å². The van der Waals surface area contributed by atoms with Gasteiger partial charge in [0.2, 0.25) is 5.91 Å². The first-order valence-corrected chi connectivity index (χ1v) is 7.92. The van der Waals surface area contributed by atoms with Crippen LogP contribution in [0.25, 0.3) is 0 Å². The lowest BCUT2D eigenvalue weighted by molar-refractivity contribution is -0.135. The summed E-state index contributed by atoms with van der Waals surface area (Å²) in [6.07, 6.45) is 5.85. The lowest BCUT2D eigenvalue weighted by Gasteiger charge is -2.39. The lowest BCUT2D eigenvalue weighted by Crippen LogP contribution is -2.53. The van der Waals surface area contributed by atoms with E-state index in [-0.39, 0.29) is 43.3 Å². The zero-order valence-electron chi connectivity index (χ0n) is 13.9. The number of aromatic nitrogens is 1. The molecule has 0 saturated carbocycles. The fourth-order valence-corrected chi connectivity index (χ4v) is 3.28. The number of rotatable bonds is 3. The molecule has 3 heterocycles. The Kier molecular flexibility index (Phi) is 10.8. The first kappa shape index (κ1) is 23.4. The predicted molar refractivity (Wildman–Crippen MR) is 104 cm³/mol. The van der Waals surface area contributed by atoms with Crippen LogP contribution >= 0.6 is 37.2 Å². The second kappa shape index (κ2) is 11.1. The van der Waals surface area contributed by atoms with Crippen molar-refractivity contribution < 1.29 is 4.79 Å². The number of carbonyl (C=O) groups excluding carboxylic acids is 1. The van der Waals surface area contributed by atoms with Crippen molar-refractivity contribution in [3.8, 4) is 0 Å². The van der Waals surface area contributed by atoms with Crippen molar-refractivity contribution in [1.82, 2.24) is 20.1 Å². The van der Waals surface area contributed by atoms with Gasteiger partial charge in [0, 0.05) is 44.6 Å². The van der Waals surface area contributed by atoms with Crippen molar-refractivity contribution in [2.75, 3.05) is 32.7 Å². The predicted octanol–water partition coefficient (Wildman–Crippen LogP) is 2.30. The molecule has 1 aromatic heterocycles. The van der Waals surface area contributed by atoms with Gasteiger partial charge in [0.05, 0.1) is 6.04 Å². The van der Waals surface area contributed by atoms with Crippen LogP contribution in [0.1, 0.15) is 31.4 Å². The van der Waals surface area contributed by atoms with Crippen molar-refractivity contribution in [3.05, 3.63) is 30.1 Å². The number of hydrogen-bond donors (Lipinski definition) is 1. The maximum Gasteiger partial charge on any atom is 0.239 e. The Labute approximate surface area is 162 Å². The summed E-state index contributed by atoms with van der Waals surface area (Å²) in [5.74, 6) is 0.293. The van der Waals surface area contributed by atoms with Gasteiger partial charge in [-0.1, -0.05) is 6.07 Å². The van der Waals surface area contributed by atoms with Crippen LogP contribution in [-0.4, -0.2) is 59.5 Å². The average Bonchev–Trinajstić information content (AvgIpc) is 3.09. The number of piperazine rings is 1. The van der Waals surface area contributed by atoms with Crippen LogP contribution in [0.4, 0.5) is 0 Å². The van der Waals surface area contributed by atoms with E-state index in [9.17, 15) is 4.79 Å². The fraction of sp³-hybridized carbons (Fsp3) is 0.625. The van der Waals surface area contributed by atoms with E-state index in [1.54, 1.807) is 6.20 Å². The molecule has 2 aliphatic rings. The number of nitrogens with zero attached hydrogens (tertiary/aromatic N) is 3. The zero-order valence-corrected chi connectivity index (χ0v) is 16.3. The highest BCUT2D eigenvalue weighted by molar-refractivity contribution is 5.86. The summed E-state index contributed by atoms with van der Waals surface area (Å²) in [4.78, 5) is 21.0. The van der Waals surface area contributed by atoms with Gasteiger partial charge in [0.25, 0.3) is 0 Å².